The van der Waals surface area contributed by atoms with Gasteiger partial charge in [0, 0.05) is 65.2 Å². The van der Waals surface area contributed by atoms with Crippen molar-refractivity contribution < 1.29 is 9.18 Å². The Balaban J connectivity index is 1.40. The van der Waals surface area contributed by atoms with Gasteiger partial charge in [-0.1, -0.05) is 18.2 Å². The molecule has 148 valence electrons. The molecule has 1 saturated heterocycles. The summed E-state index contributed by atoms with van der Waals surface area (Å²) in [6.45, 7) is 7.41. The van der Waals surface area contributed by atoms with Crippen LogP contribution in [0.5, 0.6) is 0 Å². The van der Waals surface area contributed by atoms with E-state index in [-0.39, 0.29) is 17.1 Å². The van der Waals surface area contributed by atoms with E-state index >= 15 is 0 Å². The molecule has 1 aliphatic heterocycles. The predicted molar refractivity (Wildman–Crippen MR) is 105 cm³/mol. The zero-order valence-electron chi connectivity index (χ0n) is 16.3. The fourth-order valence-corrected chi connectivity index (χ4v) is 3.68. The first-order chi connectivity index (χ1) is 13.0. The van der Waals surface area contributed by atoms with Crippen molar-refractivity contribution in [2.75, 3.05) is 52.9 Å². The van der Waals surface area contributed by atoms with Crippen molar-refractivity contribution in [3.8, 4) is 0 Å². The molecular weight excluding hydrogens is 345 g/mol. The molecule has 1 aliphatic carbocycles. The Bertz CT molecular complexity index is 681. The van der Waals surface area contributed by atoms with Crippen LogP contribution in [0.15, 0.2) is 29.3 Å². The highest BCUT2D eigenvalue weighted by atomic mass is 19.1. The van der Waals surface area contributed by atoms with Crippen LogP contribution in [-0.4, -0.2) is 74.5 Å². The van der Waals surface area contributed by atoms with Gasteiger partial charge >= 0.3 is 0 Å². The fraction of sp³-hybridized carbons (Fsp3) is 0.600. The number of benzene rings is 1. The van der Waals surface area contributed by atoms with E-state index in [2.05, 4.69) is 20.5 Å². The molecule has 0 radical (unpaired) electrons. The van der Waals surface area contributed by atoms with Gasteiger partial charge in [-0.05, 0) is 24.5 Å². The minimum atomic E-state index is -0.121. The summed E-state index contributed by atoms with van der Waals surface area (Å²) < 4.78 is 14.1. The summed E-state index contributed by atoms with van der Waals surface area (Å²) >= 11 is 0. The number of carbonyl (C=O) groups excluding carboxylic acids is 1. The Morgan fingerprint density at radius 3 is 2.48 bits per heavy atom. The highest BCUT2D eigenvalue weighted by Crippen LogP contribution is 2.48. The quantitative estimate of drug-likeness (QED) is 0.579. The highest BCUT2D eigenvalue weighted by molar-refractivity contribution is 5.79. The third-order valence-corrected chi connectivity index (χ3v) is 5.65. The number of hydrogen-bond donors (Lipinski definition) is 2. The fourth-order valence-electron chi connectivity index (χ4n) is 3.68. The van der Waals surface area contributed by atoms with Crippen LogP contribution < -0.4 is 10.6 Å². The van der Waals surface area contributed by atoms with Crippen molar-refractivity contribution in [1.82, 2.24) is 20.4 Å². The number of nitrogens with zero attached hydrogens (tertiary/aromatic N) is 3. The molecule has 0 unspecified atom stereocenters. The number of halogens is 1. The molecule has 2 fully saturated rings. The zero-order chi connectivity index (χ0) is 19.3. The number of rotatable bonds is 6. The summed E-state index contributed by atoms with van der Waals surface area (Å²) in [6.07, 6.45) is 2.00. The molecule has 0 bridgehead atoms. The van der Waals surface area contributed by atoms with Crippen LogP contribution in [0, 0.1) is 5.82 Å². The number of piperazine rings is 1. The van der Waals surface area contributed by atoms with Crippen LogP contribution in [-0.2, 0) is 10.2 Å². The van der Waals surface area contributed by atoms with E-state index in [1.165, 1.54) is 6.07 Å². The average molecular weight is 375 g/mol. The van der Waals surface area contributed by atoms with Crippen LogP contribution in [0.3, 0.4) is 0 Å². The first-order valence-corrected chi connectivity index (χ1v) is 9.71. The highest BCUT2D eigenvalue weighted by Gasteiger charge is 2.45. The largest absolute Gasteiger partial charge is 0.356 e. The van der Waals surface area contributed by atoms with E-state index in [0.29, 0.717) is 6.54 Å². The lowest BCUT2D eigenvalue weighted by Crippen LogP contribution is -2.50. The maximum atomic E-state index is 14.1. The Morgan fingerprint density at radius 2 is 1.89 bits per heavy atom. The smallest absolute Gasteiger partial charge is 0.219 e. The van der Waals surface area contributed by atoms with Crippen LogP contribution in [0.25, 0.3) is 0 Å². The lowest BCUT2D eigenvalue weighted by molar-refractivity contribution is -0.130. The lowest BCUT2D eigenvalue weighted by Gasteiger charge is -2.34. The third kappa shape index (κ3) is 4.97. The number of nitrogens with one attached hydrogen (secondary N) is 2. The van der Waals surface area contributed by atoms with Gasteiger partial charge in [-0.25, -0.2) is 4.39 Å². The minimum Gasteiger partial charge on any atom is -0.356 e. The molecule has 0 atom stereocenters. The molecule has 1 aromatic rings. The van der Waals surface area contributed by atoms with E-state index in [9.17, 15) is 9.18 Å². The maximum Gasteiger partial charge on any atom is 0.219 e. The second kappa shape index (κ2) is 8.69. The molecule has 0 aromatic heterocycles. The van der Waals surface area contributed by atoms with Gasteiger partial charge in [-0.2, -0.15) is 0 Å². The minimum absolute atomic E-state index is 0.105. The van der Waals surface area contributed by atoms with E-state index in [1.807, 2.05) is 17.0 Å². The first-order valence-electron chi connectivity index (χ1n) is 9.71. The number of carbonyl (C=O) groups is 1. The summed E-state index contributed by atoms with van der Waals surface area (Å²) in [5.41, 5.74) is 0.697. The lowest BCUT2D eigenvalue weighted by atomic mass is 9.95. The van der Waals surface area contributed by atoms with Crippen molar-refractivity contribution in [3.05, 3.63) is 35.6 Å². The standard InChI is InChI=1S/C20H30FN5O/c1-16(27)26-13-11-25(12-14-26)10-9-23-19(22-2)24-15-20(7-8-20)17-5-3-4-6-18(17)21/h3-6H,7-15H2,1-2H3,(H2,22,23,24). The molecule has 1 saturated carbocycles. The summed E-state index contributed by atoms with van der Waals surface area (Å²) in [7, 11) is 1.75. The SMILES string of the molecule is CN=C(NCCN1CCN(C(C)=O)CC1)NCC1(c2ccccc2F)CC1. The summed E-state index contributed by atoms with van der Waals surface area (Å²) in [4.78, 5) is 19.9. The van der Waals surface area contributed by atoms with Gasteiger partial charge in [-0.15, -0.1) is 0 Å². The summed E-state index contributed by atoms with van der Waals surface area (Å²) in [6, 6.07) is 7.06. The monoisotopic (exact) mass is 375 g/mol. The number of aliphatic imine (C=N–C) groups is 1. The van der Waals surface area contributed by atoms with Crippen LogP contribution in [0.2, 0.25) is 0 Å². The molecule has 6 nitrogen and oxygen atoms in total. The van der Waals surface area contributed by atoms with Gasteiger partial charge in [-0.3, -0.25) is 14.7 Å². The van der Waals surface area contributed by atoms with E-state index in [0.717, 1.165) is 63.6 Å². The molecule has 3 rings (SSSR count). The first kappa shape index (κ1) is 19.6. The summed E-state index contributed by atoms with van der Waals surface area (Å²) in [5, 5.41) is 6.70. The molecule has 0 spiro atoms. The van der Waals surface area contributed by atoms with Crippen molar-refractivity contribution in [1.29, 1.82) is 0 Å². The Kier molecular flexibility index (Phi) is 6.31. The van der Waals surface area contributed by atoms with Crippen LogP contribution in [0.4, 0.5) is 4.39 Å². The van der Waals surface area contributed by atoms with Gasteiger partial charge < -0.3 is 15.5 Å². The van der Waals surface area contributed by atoms with Crippen molar-refractivity contribution in [2.45, 2.75) is 25.2 Å². The van der Waals surface area contributed by atoms with Gasteiger partial charge in [0.25, 0.3) is 0 Å². The molecule has 1 amide bonds. The van der Waals surface area contributed by atoms with Gasteiger partial charge in [0.2, 0.25) is 5.91 Å². The maximum absolute atomic E-state index is 14.1. The van der Waals surface area contributed by atoms with Crippen molar-refractivity contribution in [3.63, 3.8) is 0 Å². The molecule has 1 heterocycles. The van der Waals surface area contributed by atoms with Gasteiger partial charge in [0.15, 0.2) is 5.96 Å². The van der Waals surface area contributed by atoms with E-state index in [4.69, 9.17) is 0 Å². The predicted octanol–water partition coefficient (Wildman–Crippen LogP) is 1.19. The van der Waals surface area contributed by atoms with Crippen molar-refractivity contribution in [2.24, 2.45) is 4.99 Å². The molecular formula is C20H30FN5O. The van der Waals surface area contributed by atoms with Crippen LogP contribution in [0.1, 0.15) is 25.3 Å². The van der Waals surface area contributed by atoms with Crippen molar-refractivity contribution >= 4 is 11.9 Å². The van der Waals surface area contributed by atoms with E-state index in [1.54, 1.807) is 20.0 Å². The van der Waals surface area contributed by atoms with E-state index < -0.39 is 0 Å². The zero-order valence-corrected chi connectivity index (χ0v) is 16.3. The Morgan fingerprint density at radius 1 is 1.19 bits per heavy atom. The second-order valence-electron chi connectivity index (χ2n) is 7.46. The Labute approximate surface area is 160 Å². The summed E-state index contributed by atoms with van der Waals surface area (Å²) in [5.74, 6) is 0.783. The average Bonchev–Trinajstić information content (AvgIpc) is 3.46. The number of hydrogen-bond acceptors (Lipinski definition) is 3. The topological polar surface area (TPSA) is 60.0 Å². The Hall–Kier alpha value is -2.15. The van der Waals surface area contributed by atoms with Crippen LogP contribution >= 0.6 is 0 Å². The molecule has 7 heteroatoms. The molecule has 2 aliphatic rings. The molecule has 1 aromatic carbocycles. The number of guanidine groups is 1. The number of amides is 1. The normalized spacial score (nSPS) is 19.7. The second-order valence-corrected chi connectivity index (χ2v) is 7.46. The third-order valence-electron chi connectivity index (χ3n) is 5.65. The van der Waals surface area contributed by atoms with Gasteiger partial charge in [0.1, 0.15) is 5.82 Å². The molecule has 2 N–H and O–H groups in total. The molecule has 27 heavy (non-hydrogen) atoms. The van der Waals surface area contributed by atoms with Gasteiger partial charge in [0.05, 0.1) is 0 Å².